The summed E-state index contributed by atoms with van der Waals surface area (Å²) in [6.07, 6.45) is -0.551. The Balaban J connectivity index is 2.06. The van der Waals surface area contributed by atoms with Crippen molar-refractivity contribution in [3.8, 4) is 0 Å². The lowest BCUT2D eigenvalue weighted by atomic mass is 10.3. The Kier molecular flexibility index (Phi) is 5.04. The van der Waals surface area contributed by atoms with Crippen molar-refractivity contribution in [1.29, 1.82) is 0 Å². The molecule has 0 aliphatic heterocycles. The molecular weight excluding hydrogens is 324 g/mol. The summed E-state index contributed by atoms with van der Waals surface area (Å²) in [4.78, 5) is 12.2. The molecular formula is C14H16N2O4S2. The molecule has 0 atom stereocenters. The van der Waals surface area contributed by atoms with Crippen molar-refractivity contribution >= 4 is 38.8 Å². The molecule has 2 aromatic rings. The maximum atomic E-state index is 12.2. The van der Waals surface area contributed by atoms with Gasteiger partial charge in [0.05, 0.1) is 6.61 Å². The second kappa shape index (κ2) is 6.80. The van der Waals surface area contributed by atoms with E-state index in [-0.39, 0.29) is 10.8 Å². The van der Waals surface area contributed by atoms with Crippen LogP contribution in [0, 0.1) is 6.92 Å². The normalized spacial score (nSPS) is 11.0. The van der Waals surface area contributed by atoms with E-state index in [2.05, 4.69) is 10.0 Å². The van der Waals surface area contributed by atoms with E-state index in [4.69, 9.17) is 4.74 Å². The van der Waals surface area contributed by atoms with Crippen molar-refractivity contribution in [2.45, 2.75) is 18.1 Å². The van der Waals surface area contributed by atoms with E-state index in [1.54, 1.807) is 43.3 Å². The zero-order valence-electron chi connectivity index (χ0n) is 12.1. The molecule has 22 heavy (non-hydrogen) atoms. The highest BCUT2D eigenvalue weighted by Gasteiger charge is 2.16. The molecule has 0 spiro atoms. The predicted octanol–water partition coefficient (Wildman–Crippen LogP) is 3.43. The Hall–Kier alpha value is -2.06. The van der Waals surface area contributed by atoms with Crippen molar-refractivity contribution in [3.05, 3.63) is 41.3 Å². The number of anilines is 2. The molecule has 118 valence electrons. The maximum Gasteiger partial charge on any atom is 0.411 e. The molecule has 1 aromatic carbocycles. The molecule has 0 saturated carbocycles. The zero-order chi connectivity index (χ0) is 16.2. The van der Waals surface area contributed by atoms with E-state index in [1.165, 1.54) is 11.3 Å². The van der Waals surface area contributed by atoms with Crippen LogP contribution in [-0.2, 0) is 14.8 Å². The number of nitrogens with one attached hydrogen (secondary N) is 2. The molecule has 0 aliphatic carbocycles. The van der Waals surface area contributed by atoms with Crippen molar-refractivity contribution in [3.63, 3.8) is 0 Å². The minimum Gasteiger partial charge on any atom is -0.450 e. The monoisotopic (exact) mass is 340 g/mol. The summed E-state index contributed by atoms with van der Waals surface area (Å²) in [5.74, 6) is 0. The molecule has 6 nitrogen and oxygen atoms in total. The number of benzene rings is 1. The van der Waals surface area contributed by atoms with Crippen LogP contribution in [-0.4, -0.2) is 21.1 Å². The van der Waals surface area contributed by atoms with Gasteiger partial charge in [-0.05, 0) is 50.2 Å². The number of thiophene rings is 1. The van der Waals surface area contributed by atoms with Gasteiger partial charge in [-0.1, -0.05) is 0 Å². The number of carbonyl (C=O) groups is 1. The van der Waals surface area contributed by atoms with Crippen LogP contribution in [0.15, 0.2) is 40.6 Å². The fourth-order valence-corrected chi connectivity index (χ4v) is 4.01. The minimum atomic E-state index is -3.58. The molecule has 0 fully saturated rings. The van der Waals surface area contributed by atoms with Gasteiger partial charge in [0.2, 0.25) is 0 Å². The van der Waals surface area contributed by atoms with Crippen molar-refractivity contribution < 1.29 is 17.9 Å². The first-order valence-corrected chi connectivity index (χ1v) is 8.84. The molecule has 0 radical (unpaired) electrons. The van der Waals surface area contributed by atoms with Crippen LogP contribution in [0.5, 0.6) is 0 Å². The number of sulfonamides is 1. The lowest BCUT2D eigenvalue weighted by Gasteiger charge is -2.08. The average Bonchev–Trinajstić information content (AvgIpc) is 2.88. The third-order valence-corrected chi connectivity index (χ3v) is 5.51. The Labute approximate surface area is 133 Å². The smallest absolute Gasteiger partial charge is 0.411 e. The summed E-state index contributed by atoms with van der Waals surface area (Å²) in [5, 5.41) is 2.53. The van der Waals surface area contributed by atoms with Gasteiger partial charge in [0.25, 0.3) is 10.0 Å². The van der Waals surface area contributed by atoms with E-state index in [9.17, 15) is 13.2 Å². The van der Waals surface area contributed by atoms with Gasteiger partial charge in [-0.25, -0.2) is 13.2 Å². The lowest BCUT2D eigenvalue weighted by Crippen LogP contribution is -2.14. The summed E-state index contributed by atoms with van der Waals surface area (Å²) < 4.78 is 31.9. The summed E-state index contributed by atoms with van der Waals surface area (Å²) in [6, 6.07) is 9.65. The molecule has 1 heterocycles. The standard InChI is InChI=1S/C14H16N2O4S2/c1-3-20-14(17)15-11-5-7-12(8-6-11)16-22(18,19)13-9-4-10(2)21-13/h4-9,16H,3H2,1-2H3,(H,15,17). The number of ether oxygens (including phenoxy) is 1. The fraction of sp³-hybridized carbons (Fsp3) is 0.214. The van der Waals surface area contributed by atoms with E-state index >= 15 is 0 Å². The van der Waals surface area contributed by atoms with Crippen molar-refractivity contribution in [2.24, 2.45) is 0 Å². The van der Waals surface area contributed by atoms with Crippen LogP contribution in [0.4, 0.5) is 16.2 Å². The van der Waals surface area contributed by atoms with Crippen LogP contribution in [0.25, 0.3) is 0 Å². The zero-order valence-corrected chi connectivity index (χ0v) is 13.8. The van der Waals surface area contributed by atoms with E-state index in [0.717, 1.165) is 4.88 Å². The number of aryl methyl sites for hydroxylation is 1. The molecule has 2 rings (SSSR count). The molecule has 0 aliphatic rings. The first kappa shape index (κ1) is 16.3. The molecule has 2 N–H and O–H groups in total. The van der Waals surface area contributed by atoms with Gasteiger partial charge in [-0.15, -0.1) is 11.3 Å². The number of hydrogen-bond donors (Lipinski definition) is 2. The highest BCUT2D eigenvalue weighted by atomic mass is 32.2. The second-order valence-corrected chi connectivity index (χ2v) is 7.59. The third kappa shape index (κ3) is 4.22. The van der Waals surface area contributed by atoms with Gasteiger partial charge in [0.15, 0.2) is 0 Å². The highest BCUT2D eigenvalue weighted by molar-refractivity contribution is 7.94. The molecule has 0 saturated heterocycles. The Morgan fingerprint density at radius 3 is 2.32 bits per heavy atom. The van der Waals surface area contributed by atoms with Crippen molar-refractivity contribution in [2.75, 3.05) is 16.6 Å². The van der Waals surface area contributed by atoms with E-state index < -0.39 is 16.1 Å². The number of rotatable bonds is 5. The quantitative estimate of drug-likeness (QED) is 0.873. The van der Waals surface area contributed by atoms with Gasteiger partial charge in [0.1, 0.15) is 4.21 Å². The van der Waals surface area contributed by atoms with E-state index in [1.807, 2.05) is 6.92 Å². The van der Waals surface area contributed by atoms with Crippen LogP contribution in [0.1, 0.15) is 11.8 Å². The van der Waals surface area contributed by atoms with Crippen molar-refractivity contribution in [1.82, 2.24) is 0 Å². The van der Waals surface area contributed by atoms with Gasteiger partial charge >= 0.3 is 6.09 Å². The Bertz CT molecular complexity index is 751. The van der Waals surface area contributed by atoms with Crippen LogP contribution >= 0.6 is 11.3 Å². The second-order valence-electron chi connectivity index (χ2n) is 4.39. The van der Waals surface area contributed by atoms with Crippen LogP contribution in [0.3, 0.4) is 0 Å². The summed E-state index contributed by atoms with van der Waals surface area (Å²) in [6.45, 7) is 3.84. The molecule has 0 unspecified atom stereocenters. The van der Waals surface area contributed by atoms with Gasteiger partial charge in [0, 0.05) is 16.3 Å². The van der Waals surface area contributed by atoms with Gasteiger partial charge < -0.3 is 4.74 Å². The van der Waals surface area contributed by atoms with E-state index in [0.29, 0.717) is 11.4 Å². The van der Waals surface area contributed by atoms with Crippen LogP contribution < -0.4 is 10.0 Å². The largest absolute Gasteiger partial charge is 0.450 e. The molecule has 8 heteroatoms. The topological polar surface area (TPSA) is 84.5 Å². The summed E-state index contributed by atoms with van der Waals surface area (Å²) in [7, 11) is -3.58. The number of hydrogen-bond acceptors (Lipinski definition) is 5. The predicted molar refractivity (Wildman–Crippen MR) is 87.0 cm³/mol. The van der Waals surface area contributed by atoms with Crippen LogP contribution in [0.2, 0.25) is 0 Å². The first-order valence-electron chi connectivity index (χ1n) is 6.54. The summed E-state index contributed by atoms with van der Waals surface area (Å²) >= 11 is 1.21. The Morgan fingerprint density at radius 1 is 1.14 bits per heavy atom. The average molecular weight is 340 g/mol. The maximum absolute atomic E-state index is 12.2. The third-order valence-electron chi connectivity index (χ3n) is 2.64. The summed E-state index contributed by atoms with van der Waals surface area (Å²) in [5.41, 5.74) is 0.939. The minimum absolute atomic E-state index is 0.263. The lowest BCUT2D eigenvalue weighted by molar-refractivity contribution is 0.168. The van der Waals surface area contributed by atoms with Gasteiger partial charge in [-0.2, -0.15) is 0 Å². The molecule has 0 bridgehead atoms. The SMILES string of the molecule is CCOC(=O)Nc1ccc(NS(=O)(=O)c2ccc(C)s2)cc1. The Morgan fingerprint density at radius 2 is 1.77 bits per heavy atom. The highest BCUT2D eigenvalue weighted by Crippen LogP contribution is 2.24. The first-order chi connectivity index (χ1) is 10.4. The fourth-order valence-electron chi connectivity index (χ4n) is 1.67. The molecule has 1 aromatic heterocycles. The number of amides is 1. The number of carbonyl (C=O) groups excluding carboxylic acids is 1. The molecule has 1 amide bonds. The van der Waals surface area contributed by atoms with Gasteiger partial charge in [-0.3, -0.25) is 10.0 Å².